The van der Waals surface area contributed by atoms with Crippen LogP contribution in [0.15, 0.2) is 0 Å². The average Bonchev–Trinajstić information content (AvgIpc) is 2.00. The molecule has 0 aliphatic heterocycles. The van der Waals surface area contributed by atoms with Crippen molar-refractivity contribution in [2.24, 2.45) is 0 Å². The van der Waals surface area contributed by atoms with E-state index in [0.717, 1.165) is 24.6 Å². The molecule has 0 saturated heterocycles. The Bertz CT molecular complexity index is 90.5. The Morgan fingerprint density at radius 3 is 2.36 bits per heavy atom. The molecule has 4 heteroatoms. The van der Waals surface area contributed by atoms with Crippen LogP contribution in [-0.2, 0) is 0 Å². The summed E-state index contributed by atoms with van der Waals surface area (Å²) in [6, 6.07) is 0. The van der Waals surface area contributed by atoms with Crippen molar-refractivity contribution in [2.45, 2.75) is 29.5 Å². The Balaban J connectivity index is 3.38. The average molecular weight is 327 g/mol. The number of rotatable bonds is 6. The molecule has 2 atom stereocenters. The van der Waals surface area contributed by atoms with E-state index in [1.807, 2.05) is 0 Å². The van der Waals surface area contributed by atoms with Gasteiger partial charge in [0.15, 0.2) is 0 Å². The molecule has 0 aliphatic rings. The molecule has 68 valence electrons. The molecule has 0 fully saturated rings. The molecular formula is C7H12Br2Cl2. The molecule has 0 saturated carbocycles. The third-order valence-corrected chi connectivity index (χ3v) is 4.09. The van der Waals surface area contributed by atoms with Gasteiger partial charge in [-0.05, 0) is 19.3 Å². The maximum atomic E-state index is 6.06. The summed E-state index contributed by atoms with van der Waals surface area (Å²) in [4.78, 5) is 0.362. The molecule has 0 aromatic carbocycles. The third kappa shape index (κ3) is 6.68. The Labute approximate surface area is 95.3 Å². The first kappa shape index (κ1) is 12.5. The lowest BCUT2D eigenvalue weighted by atomic mass is 10.1. The monoisotopic (exact) mass is 324 g/mol. The fraction of sp³-hybridized carbons (Fsp3) is 1.00. The van der Waals surface area contributed by atoms with Gasteiger partial charge in [0.1, 0.15) is 0 Å². The van der Waals surface area contributed by atoms with Crippen LogP contribution in [0.2, 0.25) is 0 Å². The fourth-order valence-electron chi connectivity index (χ4n) is 0.738. The van der Waals surface area contributed by atoms with E-state index in [9.17, 15) is 0 Å². The van der Waals surface area contributed by atoms with Gasteiger partial charge in [0.25, 0.3) is 0 Å². The molecule has 0 spiro atoms. The van der Waals surface area contributed by atoms with Crippen molar-refractivity contribution >= 4 is 55.1 Å². The van der Waals surface area contributed by atoms with E-state index in [1.54, 1.807) is 0 Å². The molecule has 0 amide bonds. The van der Waals surface area contributed by atoms with Crippen LogP contribution in [0.3, 0.4) is 0 Å². The molecular weight excluding hydrogens is 315 g/mol. The fourth-order valence-corrected chi connectivity index (χ4v) is 2.33. The third-order valence-electron chi connectivity index (χ3n) is 1.39. The van der Waals surface area contributed by atoms with Gasteiger partial charge in [0, 0.05) is 21.4 Å². The lowest BCUT2D eigenvalue weighted by Gasteiger charge is -2.13. The number of halogens is 4. The standard InChI is InChI=1S/C7H12Br2Cl2/c8-4-1-2-7(11)6(9)3-5-10/h6-7H,1-5H2. The van der Waals surface area contributed by atoms with Gasteiger partial charge < -0.3 is 0 Å². The van der Waals surface area contributed by atoms with E-state index in [1.165, 1.54) is 0 Å². The summed E-state index contributed by atoms with van der Waals surface area (Å²) >= 11 is 18.5. The predicted octanol–water partition coefficient (Wildman–Crippen LogP) is 4.16. The van der Waals surface area contributed by atoms with Crippen LogP contribution in [0.25, 0.3) is 0 Å². The molecule has 0 aromatic heterocycles. The zero-order chi connectivity index (χ0) is 8.69. The largest absolute Gasteiger partial charge is 0.127 e. The van der Waals surface area contributed by atoms with Gasteiger partial charge in [-0.15, -0.1) is 23.2 Å². The zero-order valence-electron chi connectivity index (χ0n) is 6.20. The Kier molecular flexibility index (Phi) is 9.29. The molecule has 0 bridgehead atoms. The number of hydrogen-bond donors (Lipinski definition) is 0. The highest BCUT2D eigenvalue weighted by atomic mass is 79.9. The van der Waals surface area contributed by atoms with Crippen LogP contribution >= 0.6 is 55.1 Å². The molecule has 0 N–H and O–H groups in total. The van der Waals surface area contributed by atoms with E-state index in [-0.39, 0.29) is 5.38 Å². The molecule has 0 rings (SSSR count). The minimum atomic E-state index is 0.214. The van der Waals surface area contributed by atoms with Crippen molar-refractivity contribution in [3.05, 3.63) is 0 Å². The van der Waals surface area contributed by atoms with Gasteiger partial charge >= 0.3 is 0 Å². The Hall–Kier alpha value is 1.54. The van der Waals surface area contributed by atoms with Gasteiger partial charge in [-0.2, -0.15) is 0 Å². The van der Waals surface area contributed by atoms with Crippen LogP contribution in [0, 0.1) is 0 Å². The molecule has 11 heavy (non-hydrogen) atoms. The minimum absolute atomic E-state index is 0.214. The lowest BCUT2D eigenvalue weighted by molar-refractivity contribution is 0.693. The summed E-state index contributed by atoms with van der Waals surface area (Å²) in [5, 5.41) is 1.24. The van der Waals surface area contributed by atoms with Crippen molar-refractivity contribution in [2.75, 3.05) is 11.2 Å². The normalized spacial score (nSPS) is 16.4. The van der Waals surface area contributed by atoms with Crippen molar-refractivity contribution in [3.8, 4) is 0 Å². The second kappa shape index (κ2) is 8.15. The van der Waals surface area contributed by atoms with Crippen LogP contribution in [-0.4, -0.2) is 21.4 Å². The lowest BCUT2D eigenvalue weighted by Crippen LogP contribution is -2.14. The van der Waals surface area contributed by atoms with Crippen LogP contribution in [0.4, 0.5) is 0 Å². The molecule has 0 radical (unpaired) electrons. The summed E-state index contributed by atoms with van der Waals surface area (Å²) in [5.74, 6) is 0.674. The second-order valence-corrected chi connectivity index (χ2v) is 5.25. The summed E-state index contributed by atoms with van der Waals surface area (Å²) in [7, 11) is 0. The second-order valence-electron chi connectivity index (χ2n) is 2.34. The van der Waals surface area contributed by atoms with E-state index in [2.05, 4.69) is 31.9 Å². The van der Waals surface area contributed by atoms with Gasteiger partial charge in [0.05, 0.1) is 0 Å². The van der Waals surface area contributed by atoms with Gasteiger partial charge in [-0.25, -0.2) is 0 Å². The molecule has 0 nitrogen and oxygen atoms in total. The molecule has 0 heterocycles. The summed E-state index contributed by atoms with van der Waals surface area (Å²) in [5.41, 5.74) is 0. The number of hydrogen-bond acceptors (Lipinski definition) is 0. The Morgan fingerprint density at radius 2 is 1.91 bits per heavy atom. The zero-order valence-corrected chi connectivity index (χ0v) is 10.9. The Morgan fingerprint density at radius 1 is 1.27 bits per heavy atom. The van der Waals surface area contributed by atoms with E-state index >= 15 is 0 Å². The molecule has 0 aliphatic carbocycles. The van der Waals surface area contributed by atoms with E-state index < -0.39 is 0 Å². The van der Waals surface area contributed by atoms with E-state index in [0.29, 0.717) is 10.7 Å². The topological polar surface area (TPSA) is 0 Å². The van der Waals surface area contributed by atoms with Crippen LogP contribution in [0.5, 0.6) is 0 Å². The number of alkyl halides is 4. The maximum absolute atomic E-state index is 6.06. The first-order chi connectivity index (χ1) is 5.22. The first-order valence-corrected chi connectivity index (χ1v) is 6.63. The van der Waals surface area contributed by atoms with Gasteiger partial charge in [0.2, 0.25) is 0 Å². The SMILES string of the molecule is ClCCC(Br)C(Cl)CCCBr. The highest BCUT2D eigenvalue weighted by molar-refractivity contribution is 9.09. The van der Waals surface area contributed by atoms with Crippen molar-refractivity contribution in [1.29, 1.82) is 0 Å². The minimum Gasteiger partial charge on any atom is -0.127 e. The quantitative estimate of drug-likeness (QED) is 0.643. The highest BCUT2D eigenvalue weighted by Crippen LogP contribution is 2.21. The summed E-state index contributed by atoms with van der Waals surface area (Å²) < 4.78 is 0. The van der Waals surface area contributed by atoms with Gasteiger partial charge in [-0.3, -0.25) is 0 Å². The van der Waals surface area contributed by atoms with Crippen LogP contribution < -0.4 is 0 Å². The molecule has 2 unspecified atom stereocenters. The summed E-state index contributed by atoms with van der Waals surface area (Å²) in [6.07, 6.45) is 3.11. The molecule has 0 aromatic rings. The smallest absolute Gasteiger partial charge is 0.0461 e. The van der Waals surface area contributed by atoms with Gasteiger partial charge in [-0.1, -0.05) is 31.9 Å². The van der Waals surface area contributed by atoms with Crippen molar-refractivity contribution in [1.82, 2.24) is 0 Å². The maximum Gasteiger partial charge on any atom is 0.0461 e. The predicted molar refractivity (Wildman–Crippen MR) is 60.7 cm³/mol. The first-order valence-electron chi connectivity index (χ1n) is 3.62. The van der Waals surface area contributed by atoms with Crippen LogP contribution in [0.1, 0.15) is 19.3 Å². The highest BCUT2D eigenvalue weighted by Gasteiger charge is 2.14. The van der Waals surface area contributed by atoms with Crippen molar-refractivity contribution < 1.29 is 0 Å². The van der Waals surface area contributed by atoms with Crippen molar-refractivity contribution in [3.63, 3.8) is 0 Å². The summed E-state index contributed by atoms with van der Waals surface area (Å²) in [6.45, 7) is 0. The van der Waals surface area contributed by atoms with E-state index in [4.69, 9.17) is 23.2 Å².